The van der Waals surface area contributed by atoms with Crippen LogP contribution in [-0.4, -0.2) is 58.7 Å². The molecule has 4 rings (SSSR count). The maximum Gasteiger partial charge on any atom is 0.259 e. The van der Waals surface area contributed by atoms with E-state index in [1.807, 2.05) is 44.1 Å². The van der Waals surface area contributed by atoms with Crippen LogP contribution in [0.3, 0.4) is 0 Å². The zero-order valence-corrected chi connectivity index (χ0v) is 19.7. The number of thiocarbonyl (C=S) groups is 1. The van der Waals surface area contributed by atoms with Crippen molar-refractivity contribution in [2.24, 2.45) is 5.73 Å². The summed E-state index contributed by atoms with van der Waals surface area (Å²) in [5, 5.41) is 0.456. The van der Waals surface area contributed by atoms with Crippen LogP contribution in [0.1, 0.15) is 36.9 Å². The van der Waals surface area contributed by atoms with Crippen LogP contribution in [0.25, 0.3) is 0 Å². The lowest BCUT2D eigenvalue weighted by atomic mass is 9.75. The lowest BCUT2D eigenvalue weighted by Gasteiger charge is -2.42. The molecule has 0 aromatic carbocycles. The molecule has 1 saturated heterocycles. The molecular formula is C23H30N6O2S. The monoisotopic (exact) mass is 454 g/mol. The van der Waals surface area contributed by atoms with Crippen LogP contribution in [0, 0.1) is 6.92 Å². The number of nitrogens with two attached hydrogens (primary N) is 1. The molecule has 0 bridgehead atoms. The van der Waals surface area contributed by atoms with Crippen molar-refractivity contribution in [3.63, 3.8) is 0 Å². The van der Waals surface area contributed by atoms with Gasteiger partial charge >= 0.3 is 0 Å². The Morgan fingerprint density at radius 3 is 2.53 bits per heavy atom. The summed E-state index contributed by atoms with van der Waals surface area (Å²) in [5.74, 6) is 0.570. The molecule has 2 aliphatic rings. The van der Waals surface area contributed by atoms with Gasteiger partial charge in [0.25, 0.3) is 5.91 Å². The van der Waals surface area contributed by atoms with Gasteiger partial charge in [0.2, 0.25) is 5.88 Å². The van der Waals surface area contributed by atoms with Gasteiger partial charge in [0.1, 0.15) is 5.54 Å². The van der Waals surface area contributed by atoms with Gasteiger partial charge in [-0.2, -0.15) is 0 Å². The number of carbonyl (C=O) groups excluding carboxylic acids is 1. The maximum absolute atomic E-state index is 13.6. The third kappa shape index (κ3) is 3.96. The van der Waals surface area contributed by atoms with Crippen LogP contribution in [0.5, 0.6) is 5.88 Å². The molecule has 1 saturated carbocycles. The van der Waals surface area contributed by atoms with Crippen LogP contribution in [-0.2, 0) is 11.3 Å². The average molecular weight is 455 g/mol. The number of aromatic nitrogens is 2. The largest absolute Gasteiger partial charge is 0.478 e. The first-order chi connectivity index (χ1) is 15.4. The Bertz CT molecular complexity index is 1010. The summed E-state index contributed by atoms with van der Waals surface area (Å²) in [6.45, 7) is 3.87. The van der Waals surface area contributed by atoms with E-state index in [0.29, 0.717) is 29.8 Å². The van der Waals surface area contributed by atoms with E-state index in [1.54, 1.807) is 17.3 Å². The Morgan fingerprint density at radius 2 is 1.97 bits per heavy atom. The van der Waals surface area contributed by atoms with Gasteiger partial charge in [0.05, 0.1) is 36.1 Å². The summed E-state index contributed by atoms with van der Waals surface area (Å²) in [6.07, 6.45) is 6.86. The molecule has 1 spiro atoms. The van der Waals surface area contributed by atoms with Gasteiger partial charge in [-0.05, 0) is 76.6 Å². The summed E-state index contributed by atoms with van der Waals surface area (Å²) < 4.78 is 5.75. The van der Waals surface area contributed by atoms with Crippen molar-refractivity contribution in [3.05, 3.63) is 41.9 Å². The van der Waals surface area contributed by atoms with Gasteiger partial charge in [0.15, 0.2) is 5.11 Å². The first kappa shape index (κ1) is 22.6. The summed E-state index contributed by atoms with van der Waals surface area (Å²) in [4.78, 5) is 28.1. The van der Waals surface area contributed by atoms with E-state index >= 15 is 0 Å². The molecule has 1 aliphatic heterocycles. The maximum atomic E-state index is 13.6. The van der Waals surface area contributed by atoms with Gasteiger partial charge < -0.3 is 20.3 Å². The molecule has 2 aromatic rings. The number of amides is 1. The van der Waals surface area contributed by atoms with E-state index in [0.717, 1.165) is 49.2 Å². The standard InChI is InChI=1S/C23H30N6O2S/c1-16-12-18(15-25-19(16)13-24)28-21(30)23(8-4-9-23)29(22(28)32)17-6-7-20(26-14-17)31-11-5-10-27(2)3/h6-7,12,14-15H,4-5,8-11,13,24H2,1-3H3. The van der Waals surface area contributed by atoms with E-state index in [9.17, 15) is 4.79 Å². The second-order valence-corrected chi connectivity index (χ2v) is 9.03. The number of carbonyl (C=O) groups is 1. The Morgan fingerprint density at radius 1 is 1.22 bits per heavy atom. The van der Waals surface area contributed by atoms with Crippen LogP contribution in [0.15, 0.2) is 30.6 Å². The molecule has 0 radical (unpaired) electrons. The van der Waals surface area contributed by atoms with Gasteiger partial charge in [-0.25, -0.2) is 4.98 Å². The highest BCUT2D eigenvalue weighted by Gasteiger charge is 2.59. The Kier molecular flexibility index (Phi) is 6.41. The van der Waals surface area contributed by atoms with E-state index in [1.165, 1.54) is 0 Å². The van der Waals surface area contributed by atoms with Crippen molar-refractivity contribution in [1.82, 2.24) is 14.9 Å². The minimum absolute atomic E-state index is 0.000500. The highest BCUT2D eigenvalue weighted by Crippen LogP contribution is 2.47. The molecule has 0 unspecified atom stereocenters. The van der Waals surface area contributed by atoms with Crippen molar-refractivity contribution in [2.45, 2.75) is 44.7 Å². The van der Waals surface area contributed by atoms with Crippen molar-refractivity contribution in [3.8, 4) is 5.88 Å². The van der Waals surface area contributed by atoms with E-state index in [-0.39, 0.29) is 5.91 Å². The molecule has 9 heteroatoms. The molecular weight excluding hydrogens is 424 g/mol. The van der Waals surface area contributed by atoms with Crippen molar-refractivity contribution in [2.75, 3.05) is 37.0 Å². The number of hydrogen-bond acceptors (Lipinski definition) is 7. The third-order valence-electron chi connectivity index (χ3n) is 6.19. The quantitative estimate of drug-likeness (QED) is 0.481. The van der Waals surface area contributed by atoms with Gasteiger partial charge in [-0.15, -0.1) is 0 Å². The molecule has 2 aromatic heterocycles. The average Bonchev–Trinajstić information content (AvgIpc) is 2.98. The first-order valence-electron chi connectivity index (χ1n) is 11.0. The SMILES string of the molecule is Cc1cc(N2C(=O)C3(CCC3)N(c3ccc(OCCCN(C)C)nc3)C2=S)cnc1CN. The van der Waals surface area contributed by atoms with Crippen LogP contribution >= 0.6 is 12.2 Å². The van der Waals surface area contributed by atoms with Gasteiger partial charge in [-0.3, -0.25) is 14.7 Å². The molecule has 2 N–H and O–H groups in total. The number of pyridine rings is 2. The second kappa shape index (κ2) is 9.09. The summed E-state index contributed by atoms with van der Waals surface area (Å²) in [7, 11) is 4.08. The number of nitrogens with zero attached hydrogens (tertiary/aromatic N) is 5. The number of aryl methyl sites for hydroxylation is 1. The summed E-state index contributed by atoms with van der Waals surface area (Å²) >= 11 is 5.81. The number of ether oxygens (including phenoxy) is 1. The van der Waals surface area contributed by atoms with Crippen molar-refractivity contribution in [1.29, 1.82) is 0 Å². The van der Waals surface area contributed by atoms with E-state index < -0.39 is 5.54 Å². The van der Waals surface area contributed by atoms with Gasteiger partial charge in [0, 0.05) is 19.2 Å². The lowest BCUT2D eigenvalue weighted by Crippen LogP contribution is -2.55. The fourth-order valence-electron chi connectivity index (χ4n) is 4.28. The summed E-state index contributed by atoms with van der Waals surface area (Å²) in [6, 6.07) is 5.70. The highest BCUT2D eigenvalue weighted by atomic mass is 32.1. The summed E-state index contributed by atoms with van der Waals surface area (Å²) in [5.41, 5.74) is 8.34. The normalized spacial score (nSPS) is 17.4. The molecule has 32 heavy (non-hydrogen) atoms. The molecule has 2 fully saturated rings. The number of hydrogen-bond donors (Lipinski definition) is 1. The third-order valence-corrected chi connectivity index (χ3v) is 6.56. The number of rotatable bonds is 8. The van der Waals surface area contributed by atoms with Crippen LogP contribution in [0.4, 0.5) is 11.4 Å². The zero-order valence-electron chi connectivity index (χ0n) is 18.9. The topological polar surface area (TPSA) is 87.8 Å². The van der Waals surface area contributed by atoms with Crippen LogP contribution in [0.2, 0.25) is 0 Å². The first-order valence-corrected chi connectivity index (χ1v) is 11.4. The van der Waals surface area contributed by atoms with E-state index in [4.69, 9.17) is 22.7 Å². The van der Waals surface area contributed by atoms with Crippen molar-refractivity contribution < 1.29 is 9.53 Å². The second-order valence-electron chi connectivity index (χ2n) is 8.66. The smallest absolute Gasteiger partial charge is 0.259 e. The number of anilines is 2. The Hall–Kier alpha value is -2.62. The zero-order chi connectivity index (χ0) is 22.9. The van der Waals surface area contributed by atoms with E-state index in [2.05, 4.69) is 14.9 Å². The molecule has 1 amide bonds. The molecule has 0 atom stereocenters. The Labute approximate surface area is 194 Å². The van der Waals surface area contributed by atoms with Crippen LogP contribution < -0.4 is 20.3 Å². The predicted molar refractivity (Wildman–Crippen MR) is 129 cm³/mol. The Balaban J connectivity index is 1.56. The fraction of sp³-hybridized carbons (Fsp3) is 0.478. The fourth-order valence-corrected chi connectivity index (χ4v) is 4.75. The molecule has 3 heterocycles. The molecule has 1 aliphatic carbocycles. The minimum atomic E-state index is -0.646. The van der Waals surface area contributed by atoms with Gasteiger partial charge in [-0.1, -0.05) is 0 Å². The lowest BCUT2D eigenvalue weighted by molar-refractivity contribution is -0.123. The minimum Gasteiger partial charge on any atom is -0.478 e. The molecule has 8 nitrogen and oxygen atoms in total. The predicted octanol–water partition coefficient (Wildman–Crippen LogP) is 2.64. The highest BCUT2D eigenvalue weighted by molar-refractivity contribution is 7.81. The van der Waals surface area contributed by atoms with Crippen molar-refractivity contribution >= 4 is 34.6 Å². The molecule has 170 valence electrons.